The van der Waals surface area contributed by atoms with E-state index in [0.717, 1.165) is 29.2 Å². The van der Waals surface area contributed by atoms with Crippen LogP contribution in [0.2, 0.25) is 0 Å². The molecule has 7 heteroatoms. The monoisotopic (exact) mass is 532 g/mol. The molecular weight excluding hydrogens is 500 g/mol. The SMILES string of the molecule is COc1ccc(N(C)C(=O)c2ccc3[nH]c(O)c(C(=Nc4ccc(CN(C)C)cc4)c4ccccc4)c3c2)cc1. The van der Waals surface area contributed by atoms with Gasteiger partial charge in [0.15, 0.2) is 5.88 Å². The maximum absolute atomic E-state index is 13.5. The lowest BCUT2D eigenvalue weighted by molar-refractivity contribution is 0.0993. The Morgan fingerprint density at radius 2 is 1.57 bits per heavy atom. The lowest BCUT2D eigenvalue weighted by Gasteiger charge is -2.18. The van der Waals surface area contributed by atoms with Crippen LogP contribution in [0.4, 0.5) is 11.4 Å². The number of carbonyl (C=O) groups is 1. The summed E-state index contributed by atoms with van der Waals surface area (Å²) in [6.07, 6.45) is 0. The number of anilines is 1. The van der Waals surface area contributed by atoms with Crippen LogP contribution in [0.5, 0.6) is 11.6 Å². The van der Waals surface area contributed by atoms with E-state index in [-0.39, 0.29) is 11.8 Å². The standard InChI is InChI=1S/C33H32N4O3/c1-36(2)21-22-10-13-25(14-11-22)34-31(23-8-6-5-7-9-23)30-28-20-24(12-19-29(28)35-32(30)38)33(39)37(3)26-15-17-27(40-4)18-16-26/h5-20,35,38H,21H2,1-4H3. The van der Waals surface area contributed by atoms with Crippen molar-refractivity contribution in [2.24, 2.45) is 4.99 Å². The first-order valence-electron chi connectivity index (χ1n) is 13.0. The molecule has 7 nitrogen and oxygen atoms in total. The predicted molar refractivity (Wildman–Crippen MR) is 161 cm³/mol. The number of fused-ring (bicyclic) bond motifs is 1. The molecule has 2 N–H and O–H groups in total. The van der Waals surface area contributed by atoms with Crippen molar-refractivity contribution >= 4 is 33.9 Å². The Kier molecular flexibility index (Phi) is 7.66. The van der Waals surface area contributed by atoms with Gasteiger partial charge in [-0.15, -0.1) is 0 Å². The van der Waals surface area contributed by atoms with Gasteiger partial charge in [-0.3, -0.25) is 4.79 Å². The number of aliphatic imine (C=N–C) groups is 1. The molecule has 1 amide bonds. The van der Waals surface area contributed by atoms with E-state index in [0.29, 0.717) is 27.7 Å². The van der Waals surface area contributed by atoms with Gasteiger partial charge >= 0.3 is 0 Å². The van der Waals surface area contributed by atoms with Crippen LogP contribution in [-0.4, -0.2) is 54.9 Å². The van der Waals surface area contributed by atoms with Gasteiger partial charge in [-0.1, -0.05) is 42.5 Å². The summed E-state index contributed by atoms with van der Waals surface area (Å²) in [4.78, 5) is 25.2. The molecule has 0 saturated heterocycles. The second-order valence-electron chi connectivity index (χ2n) is 9.90. The van der Waals surface area contributed by atoms with E-state index >= 15 is 0 Å². The van der Waals surface area contributed by atoms with Gasteiger partial charge in [-0.25, -0.2) is 4.99 Å². The highest BCUT2D eigenvalue weighted by molar-refractivity contribution is 6.22. The van der Waals surface area contributed by atoms with E-state index in [4.69, 9.17) is 9.73 Å². The van der Waals surface area contributed by atoms with Gasteiger partial charge in [0.1, 0.15) is 5.75 Å². The normalized spacial score (nSPS) is 11.7. The first kappa shape index (κ1) is 26.7. The highest BCUT2D eigenvalue weighted by atomic mass is 16.5. The number of amides is 1. The molecular formula is C33H32N4O3. The number of ether oxygens (including phenoxy) is 1. The van der Waals surface area contributed by atoms with Gasteiger partial charge in [0.05, 0.1) is 24.1 Å². The summed E-state index contributed by atoms with van der Waals surface area (Å²) in [5.74, 6) is 0.543. The minimum Gasteiger partial charge on any atom is -0.497 e. The third-order valence-electron chi connectivity index (χ3n) is 6.75. The molecule has 0 saturated carbocycles. The second-order valence-corrected chi connectivity index (χ2v) is 9.90. The first-order valence-corrected chi connectivity index (χ1v) is 13.0. The van der Waals surface area contributed by atoms with Crippen LogP contribution in [0.1, 0.15) is 27.0 Å². The molecule has 0 aliphatic heterocycles. The summed E-state index contributed by atoms with van der Waals surface area (Å²) in [5.41, 5.74) is 5.90. The maximum Gasteiger partial charge on any atom is 0.258 e. The van der Waals surface area contributed by atoms with E-state index in [9.17, 15) is 9.90 Å². The quantitative estimate of drug-likeness (QED) is 0.227. The summed E-state index contributed by atoms with van der Waals surface area (Å²) in [7, 11) is 7.41. The van der Waals surface area contributed by atoms with Crippen LogP contribution in [-0.2, 0) is 6.54 Å². The minimum atomic E-state index is -0.173. The van der Waals surface area contributed by atoms with E-state index < -0.39 is 0 Å². The molecule has 5 rings (SSSR count). The average molecular weight is 533 g/mol. The second kappa shape index (κ2) is 11.5. The van der Waals surface area contributed by atoms with Crippen LogP contribution in [0.3, 0.4) is 0 Å². The smallest absolute Gasteiger partial charge is 0.258 e. The topological polar surface area (TPSA) is 81.2 Å². The molecule has 202 valence electrons. The highest BCUT2D eigenvalue weighted by Gasteiger charge is 2.21. The maximum atomic E-state index is 13.5. The third kappa shape index (κ3) is 5.60. The number of aromatic amines is 1. The zero-order valence-electron chi connectivity index (χ0n) is 23.1. The molecule has 0 fully saturated rings. The predicted octanol–water partition coefficient (Wildman–Crippen LogP) is 6.39. The third-order valence-corrected chi connectivity index (χ3v) is 6.75. The fourth-order valence-electron chi connectivity index (χ4n) is 4.70. The number of methoxy groups -OCH3 is 1. The number of hydrogen-bond acceptors (Lipinski definition) is 5. The molecule has 1 heterocycles. The van der Waals surface area contributed by atoms with Gasteiger partial charge in [-0.05, 0) is 74.3 Å². The Balaban J connectivity index is 1.58. The van der Waals surface area contributed by atoms with Crippen molar-refractivity contribution in [3.8, 4) is 11.6 Å². The molecule has 0 aliphatic carbocycles. The van der Waals surface area contributed by atoms with Crippen molar-refractivity contribution in [1.29, 1.82) is 0 Å². The van der Waals surface area contributed by atoms with Crippen molar-refractivity contribution in [3.05, 3.63) is 119 Å². The van der Waals surface area contributed by atoms with Gasteiger partial charge in [0, 0.05) is 41.3 Å². The molecule has 4 aromatic carbocycles. The number of benzene rings is 4. The fourth-order valence-corrected chi connectivity index (χ4v) is 4.70. The van der Waals surface area contributed by atoms with Gasteiger partial charge in [-0.2, -0.15) is 0 Å². The molecule has 5 aromatic rings. The van der Waals surface area contributed by atoms with Crippen LogP contribution in [0.25, 0.3) is 10.9 Å². The van der Waals surface area contributed by atoms with Crippen molar-refractivity contribution < 1.29 is 14.6 Å². The Hall–Kier alpha value is -4.88. The molecule has 0 aliphatic rings. The first-order chi connectivity index (χ1) is 19.3. The summed E-state index contributed by atoms with van der Waals surface area (Å²) in [6.45, 7) is 0.834. The number of H-pyrrole nitrogens is 1. The summed E-state index contributed by atoms with van der Waals surface area (Å²) >= 11 is 0. The molecule has 0 bridgehead atoms. The summed E-state index contributed by atoms with van der Waals surface area (Å²) in [5, 5.41) is 11.8. The number of hydrogen-bond donors (Lipinski definition) is 2. The molecule has 0 atom stereocenters. The number of nitrogens with one attached hydrogen (secondary N) is 1. The minimum absolute atomic E-state index is 0.00469. The number of aromatic hydroxyl groups is 1. The number of nitrogens with zero attached hydrogens (tertiary/aromatic N) is 3. The van der Waals surface area contributed by atoms with Crippen LogP contribution >= 0.6 is 0 Å². The molecule has 0 unspecified atom stereocenters. The van der Waals surface area contributed by atoms with E-state index in [1.54, 1.807) is 25.1 Å². The molecule has 1 aromatic heterocycles. The molecule has 0 spiro atoms. The zero-order valence-corrected chi connectivity index (χ0v) is 23.1. The van der Waals surface area contributed by atoms with Crippen molar-refractivity contribution in [1.82, 2.24) is 9.88 Å². The zero-order chi connectivity index (χ0) is 28.2. The van der Waals surface area contributed by atoms with E-state index in [1.165, 1.54) is 5.56 Å². The van der Waals surface area contributed by atoms with E-state index in [1.807, 2.05) is 93.0 Å². The van der Waals surface area contributed by atoms with Crippen molar-refractivity contribution in [2.45, 2.75) is 6.54 Å². The van der Waals surface area contributed by atoms with Gasteiger partial charge < -0.3 is 24.6 Å². The molecule has 40 heavy (non-hydrogen) atoms. The Bertz CT molecular complexity index is 1650. The molecule has 0 radical (unpaired) electrons. The summed E-state index contributed by atoms with van der Waals surface area (Å²) < 4.78 is 5.24. The number of rotatable bonds is 8. The Morgan fingerprint density at radius 3 is 2.23 bits per heavy atom. The lowest BCUT2D eigenvalue weighted by atomic mass is 9.99. The Morgan fingerprint density at radius 1 is 0.875 bits per heavy atom. The van der Waals surface area contributed by atoms with Gasteiger partial charge in [0.2, 0.25) is 0 Å². The largest absolute Gasteiger partial charge is 0.497 e. The van der Waals surface area contributed by atoms with Crippen LogP contribution < -0.4 is 9.64 Å². The number of aromatic nitrogens is 1. The van der Waals surface area contributed by atoms with Crippen LogP contribution in [0.15, 0.2) is 102 Å². The average Bonchev–Trinajstić information content (AvgIpc) is 3.30. The number of carbonyl (C=O) groups excluding carboxylic acids is 1. The lowest BCUT2D eigenvalue weighted by Crippen LogP contribution is -2.26. The van der Waals surface area contributed by atoms with Crippen molar-refractivity contribution in [3.63, 3.8) is 0 Å². The van der Waals surface area contributed by atoms with E-state index in [2.05, 4.69) is 22.0 Å². The highest BCUT2D eigenvalue weighted by Crippen LogP contribution is 2.33. The van der Waals surface area contributed by atoms with Gasteiger partial charge in [0.25, 0.3) is 5.91 Å². The van der Waals surface area contributed by atoms with Crippen LogP contribution in [0, 0.1) is 0 Å². The summed E-state index contributed by atoms with van der Waals surface area (Å²) in [6, 6.07) is 30.5. The Labute approximate surface area is 234 Å². The fraction of sp³-hybridized carbons (Fsp3) is 0.152. The van der Waals surface area contributed by atoms with Crippen molar-refractivity contribution in [2.75, 3.05) is 33.2 Å².